The molecule has 1 unspecified atom stereocenters. The van der Waals surface area contributed by atoms with Gasteiger partial charge in [0.05, 0.1) is 18.7 Å². The molecule has 1 rings (SSSR count). The van der Waals surface area contributed by atoms with Crippen molar-refractivity contribution >= 4 is 5.88 Å². The fourth-order valence-corrected chi connectivity index (χ4v) is 1.08. The SMILES string of the molecule is CC(O)CCNCc1ccc([N+](=O)[O-])o1. The fraction of sp³-hybridized carbons (Fsp3) is 0.556. The lowest BCUT2D eigenvalue weighted by Gasteiger charge is -2.04. The normalized spacial score (nSPS) is 12.7. The summed E-state index contributed by atoms with van der Waals surface area (Å²) in [6.07, 6.45) is 0.298. The van der Waals surface area contributed by atoms with E-state index >= 15 is 0 Å². The third-order valence-corrected chi connectivity index (χ3v) is 1.87. The predicted molar refractivity (Wildman–Crippen MR) is 53.4 cm³/mol. The van der Waals surface area contributed by atoms with E-state index in [1.54, 1.807) is 13.0 Å². The van der Waals surface area contributed by atoms with Crippen LogP contribution in [0, 0.1) is 10.1 Å². The summed E-state index contributed by atoms with van der Waals surface area (Å²) in [4.78, 5) is 9.72. The van der Waals surface area contributed by atoms with Crippen LogP contribution >= 0.6 is 0 Å². The zero-order valence-corrected chi connectivity index (χ0v) is 8.47. The molecule has 1 aromatic heterocycles. The highest BCUT2D eigenvalue weighted by molar-refractivity contribution is 5.17. The summed E-state index contributed by atoms with van der Waals surface area (Å²) < 4.78 is 4.93. The van der Waals surface area contributed by atoms with Gasteiger partial charge in [-0.25, -0.2) is 0 Å². The van der Waals surface area contributed by atoms with Gasteiger partial charge in [0.15, 0.2) is 0 Å². The Kier molecular flexibility index (Phi) is 4.26. The van der Waals surface area contributed by atoms with Gasteiger partial charge in [0, 0.05) is 0 Å². The van der Waals surface area contributed by atoms with Crippen molar-refractivity contribution in [2.45, 2.75) is 26.0 Å². The summed E-state index contributed by atoms with van der Waals surface area (Å²) in [5.74, 6) is 0.273. The molecule has 0 amide bonds. The van der Waals surface area contributed by atoms with Crippen molar-refractivity contribution in [3.8, 4) is 0 Å². The summed E-state index contributed by atoms with van der Waals surface area (Å²) in [7, 11) is 0. The van der Waals surface area contributed by atoms with Gasteiger partial charge in [-0.2, -0.15) is 0 Å². The Morgan fingerprint density at radius 2 is 2.40 bits per heavy atom. The van der Waals surface area contributed by atoms with Crippen LogP contribution in [0.25, 0.3) is 0 Å². The van der Waals surface area contributed by atoms with Crippen molar-refractivity contribution in [1.29, 1.82) is 0 Å². The van der Waals surface area contributed by atoms with Gasteiger partial charge >= 0.3 is 5.88 Å². The highest BCUT2D eigenvalue weighted by atomic mass is 16.6. The molecule has 1 atom stereocenters. The Bertz CT molecular complexity index is 322. The number of hydrogen-bond donors (Lipinski definition) is 2. The van der Waals surface area contributed by atoms with E-state index in [9.17, 15) is 10.1 Å². The number of furan rings is 1. The van der Waals surface area contributed by atoms with Crippen molar-refractivity contribution in [2.24, 2.45) is 0 Å². The molecule has 0 aliphatic carbocycles. The Morgan fingerprint density at radius 1 is 1.67 bits per heavy atom. The molecule has 0 aliphatic heterocycles. The number of nitrogens with zero attached hydrogens (tertiary/aromatic N) is 1. The summed E-state index contributed by atoms with van der Waals surface area (Å²) in [6, 6.07) is 2.89. The van der Waals surface area contributed by atoms with E-state index in [2.05, 4.69) is 5.32 Å². The summed E-state index contributed by atoms with van der Waals surface area (Å²) in [5.41, 5.74) is 0. The molecule has 6 heteroatoms. The Labute approximate surface area is 87.0 Å². The maximum atomic E-state index is 10.3. The maximum absolute atomic E-state index is 10.3. The van der Waals surface area contributed by atoms with Crippen LogP contribution < -0.4 is 5.32 Å². The molecule has 6 nitrogen and oxygen atoms in total. The van der Waals surface area contributed by atoms with Gasteiger partial charge in [0.1, 0.15) is 10.7 Å². The number of hydrogen-bond acceptors (Lipinski definition) is 5. The van der Waals surface area contributed by atoms with E-state index in [4.69, 9.17) is 9.52 Å². The van der Waals surface area contributed by atoms with Crippen molar-refractivity contribution < 1.29 is 14.4 Å². The minimum Gasteiger partial charge on any atom is -0.404 e. The van der Waals surface area contributed by atoms with Crippen molar-refractivity contribution in [1.82, 2.24) is 5.32 Å². The molecule has 15 heavy (non-hydrogen) atoms. The molecule has 0 radical (unpaired) electrons. The Balaban J connectivity index is 2.29. The van der Waals surface area contributed by atoms with Crippen LogP contribution in [-0.2, 0) is 6.54 Å². The van der Waals surface area contributed by atoms with Crippen LogP contribution in [0.5, 0.6) is 0 Å². The van der Waals surface area contributed by atoms with E-state index in [1.165, 1.54) is 6.07 Å². The fourth-order valence-electron chi connectivity index (χ4n) is 1.08. The van der Waals surface area contributed by atoms with Crippen molar-refractivity contribution in [2.75, 3.05) is 6.54 Å². The molecule has 0 aromatic carbocycles. The Hall–Kier alpha value is -1.40. The van der Waals surface area contributed by atoms with Gasteiger partial charge in [-0.15, -0.1) is 0 Å². The number of aliphatic hydroxyl groups is 1. The van der Waals surface area contributed by atoms with Crippen LogP contribution in [0.15, 0.2) is 16.5 Å². The first-order valence-electron chi connectivity index (χ1n) is 4.71. The van der Waals surface area contributed by atoms with E-state index < -0.39 is 4.92 Å². The first-order valence-corrected chi connectivity index (χ1v) is 4.71. The van der Waals surface area contributed by atoms with Gasteiger partial charge in [-0.1, -0.05) is 0 Å². The molecular formula is C9H14N2O4. The lowest BCUT2D eigenvalue weighted by atomic mass is 10.3. The van der Waals surface area contributed by atoms with Gasteiger partial charge < -0.3 is 14.8 Å². The molecule has 0 aliphatic rings. The molecule has 84 valence electrons. The van der Waals surface area contributed by atoms with Crippen LogP contribution in [0.1, 0.15) is 19.1 Å². The number of aliphatic hydroxyl groups excluding tert-OH is 1. The molecule has 1 aromatic rings. The molecule has 2 N–H and O–H groups in total. The minimum atomic E-state index is -0.570. The molecule has 1 heterocycles. The van der Waals surface area contributed by atoms with Gasteiger partial charge in [0.2, 0.25) is 0 Å². The molecule has 0 bridgehead atoms. The zero-order valence-electron chi connectivity index (χ0n) is 8.47. The smallest absolute Gasteiger partial charge is 0.404 e. The first-order chi connectivity index (χ1) is 7.09. The average Bonchev–Trinajstić information content (AvgIpc) is 2.60. The van der Waals surface area contributed by atoms with E-state index in [-0.39, 0.29) is 12.0 Å². The second-order valence-electron chi connectivity index (χ2n) is 3.31. The summed E-state index contributed by atoms with van der Waals surface area (Å²) in [6.45, 7) is 2.78. The van der Waals surface area contributed by atoms with Gasteiger partial charge in [0.25, 0.3) is 0 Å². The largest absolute Gasteiger partial charge is 0.433 e. The molecule has 0 saturated carbocycles. The topological polar surface area (TPSA) is 88.5 Å². The summed E-state index contributed by atoms with van der Waals surface area (Å²) in [5, 5.41) is 22.3. The minimum absolute atomic E-state index is 0.248. The number of nitro groups is 1. The van der Waals surface area contributed by atoms with Crippen LogP contribution in [0.3, 0.4) is 0 Å². The highest BCUT2D eigenvalue weighted by Crippen LogP contribution is 2.14. The second kappa shape index (κ2) is 5.47. The lowest BCUT2D eigenvalue weighted by Crippen LogP contribution is -2.18. The van der Waals surface area contributed by atoms with E-state index in [1.807, 2.05) is 0 Å². The van der Waals surface area contributed by atoms with Crippen LogP contribution in [-0.4, -0.2) is 22.7 Å². The molecular weight excluding hydrogens is 200 g/mol. The van der Waals surface area contributed by atoms with E-state index in [0.29, 0.717) is 25.3 Å². The first kappa shape index (κ1) is 11.7. The van der Waals surface area contributed by atoms with Crippen molar-refractivity contribution in [3.05, 3.63) is 28.0 Å². The zero-order chi connectivity index (χ0) is 11.3. The number of rotatable bonds is 6. The predicted octanol–water partition coefficient (Wildman–Crippen LogP) is 1.05. The standard InChI is InChI=1S/C9H14N2O4/c1-7(12)4-5-10-6-8-2-3-9(15-8)11(13)14/h2-3,7,10,12H,4-6H2,1H3. The monoisotopic (exact) mass is 214 g/mol. The molecule has 0 fully saturated rings. The van der Waals surface area contributed by atoms with Crippen molar-refractivity contribution in [3.63, 3.8) is 0 Å². The Morgan fingerprint density at radius 3 is 2.93 bits per heavy atom. The third kappa shape index (κ3) is 4.09. The highest BCUT2D eigenvalue weighted by Gasteiger charge is 2.10. The van der Waals surface area contributed by atoms with E-state index in [0.717, 1.165) is 0 Å². The third-order valence-electron chi connectivity index (χ3n) is 1.87. The van der Waals surface area contributed by atoms with Gasteiger partial charge in [-0.05, 0) is 26.0 Å². The molecule has 0 spiro atoms. The maximum Gasteiger partial charge on any atom is 0.433 e. The van der Waals surface area contributed by atoms with Gasteiger partial charge in [-0.3, -0.25) is 10.1 Å². The molecule has 0 saturated heterocycles. The average molecular weight is 214 g/mol. The lowest BCUT2D eigenvalue weighted by molar-refractivity contribution is -0.402. The number of nitrogens with one attached hydrogen (secondary N) is 1. The van der Waals surface area contributed by atoms with Crippen LogP contribution in [0.2, 0.25) is 0 Å². The quantitative estimate of drug-likeness (QED) is 0.419. The second-order valence-corrected chi connectivity index (χ2v) is 3.31. The summed E-state index contributed by atoms with van der Waals surface area (Å²) >= 11 is 0. The van der Waals surface area contributed by atoms with Crippen LogP contribution in [0.4, 0.5) is 5.88 Å².